The summed E-state index contributed by atoms with van der Waals surface area (Å²) in [5.41, 5.74) is 9.78. The maximum absolute atomic E-state index is 3.63. The minimum atomic E-state index is 0.112. The number of anilines is 3. The third kappa shape index (κ3) is 11.0. The summed E-state index contributed by atoms with van der Waals surface area (Å²) in [6, 6.07) is 25.8. The predicted molar refractivity (Wildman–Crippen MR) is 192 cm³/mol. The molecule has 0 heterocycles. The summed E-state index contributed by atoms with van der Waals surface area (Å²) in [4.78, 5) is 2.60. The molecule has 43 heavy (non-hydrogen) atoms. The predicted octanol–water partition coefficient (Wildman–Crippen LogP) is 12.1. The first-order valence-electron chi connectivity index (χ1n) is 16.7. The lowest BCUT2D eigenvalue weighted by Gasteiger charge is -2.34. The zero-order valence-corrected chi connectivity index (χ0v) is 29.9. The Balaban J connectivity index is 1.81. The molecule has 2 atom stereocenters. The van der Waals surface area contributed by atoms with Crippen molar-refractivity contribution in [2.75, 3.05) is 10.2 Å². The minimum absolute atomic E-state index is 0.112. The van der Waals surface area contributed by atoms with E-state index in [4.69, 9.17) is 0 Å². The Labute approximate surface area is 265 Å². The average molecular weight is 583 g/mol. The van der Waals surface area contributed by atoms with Gasteiger partial charge in [0.1, 0.15) is 0 Å². The molecule has 0 fully saturated rings. The van der Waals surface area contributed by atoms with Crippen molar-refractivity contribution in [2.45, 2.75) is 133 Å². The van der Waals surface area contributed by atoms with Crippen LogP contribution in [0.1, 0.15) is 125 Å². The van der Waals surface area contributed by atoms with Gasteiger partial charge in [-0.05, 0) is 113 Å². The Kier molecular flexibility index (Phi) is 11.2. The molecule has 0 aliphatic rings. The van der Waals surface area contributed by atoms with Gasteiger partial charge in [0, 0.05) is 29.6 Å². The zero-order valence-electron chi connectivity index (χ0n) is 29.9. The van der Waals surface area contributed by atoms with Crippen LogP contribution in [0.3, 0.4) is 0 Å². The molecule has 236 valence electrons. The van der Waals surface area contributed by atoms with Crippen LogP contribution in [-0.2, 0) is 23.8 Å². The van der Waals surface area contributed by atoms with Gasteiger partial charge in [-0.3, -0.25) is 0 Å². The number of nitrogens with zero attached hydrogens (tertiary/aromatic N) is 1. The van der Waals surface area contributed by atoms with E-state index in [1.165, 1.54) is 34.4 Å². The lowest BCUT2D eigenvalue weighted by atomic mass is 9.79. The molecule has 0 aromatic heterocycles. The highest BCUT2D eigenvalue weighted by Gasteiger charge is 2.23. The van der Waals surface area contributed by atoms with E-state index in [0.717, 1.165) is 30.8 Å². The summed E-state index contributed by atoms with van der Waals surface area (Å²) in [5, 5.41) is 3.63. The van der Waals surface area contributed by atoms with Crippen LogP contribution in [-0.4, -0.2) is 6.04 Å². The molecule has 0 saturated carbocycles. The fraction of sp³-hybridized carbons (Fsp3) is 0.561. The minimum Gasteiger partial charge on any atom is -0.364 e. The number of hydrogen-bond acceptors (Lipinski definition) is 2. The molecule has 0 amide bonds. The second-order valence-electron chi connectivity index (χ2n) is 17.0. The van der Waals surface area contributed by atoms with E-state index in [2.05, 4.69) is 167 Å². The van der Waals surface area contributed by atoms with Crippen LogP contribution in [0.5, 0.6) is 0 Å². The van der Waals surface area contributed by atoms with Crippen LogP contribution in [0, 0.1) is 17.3 Å². The van der Waals surface area contributed by atoms with Crippen molar-refractivity contribution in [3.05, 3.63) is 89.0 Å². The average Bonchev–Trinajstić information content (AvgIpc) is 2.86. The summed E-state index contributed by atoms with van der Waals surface area (Å²) in [6.45, 7) is 31.3. The van der Waals surface area contributed by atoms with Gasteiger partial charge in [0.25, 0.3) is 0 Å². The standard InChI is InChI=1S/C41H62N2/c1-29(2)22-31(4)43(28-33-24-34(40(8,9)10)26-35(25-33)41(11,12)13)38-20-18-37(19-21-38)42-36-16-14-32(15-17-36)23-30(3)27-39(5,6)7/h14-21,24-26,29-31,42H,22-23,27-28H2,1-13H3. The van der Waals surface area contributed by atoms with Gasteiger partial charge in [0.15, 0.2) is 0 Å². The third-order valence-electron chi connectivity index (χ3n) is 8.41. The fourth-order valence-electron chi connectivity index (χ4n) is 6.30. The second-order valence-corrected chi connectivity index (χ2v) is 17.0. The van der Waals surface area contributed by atoms with Crippen LogP contribution in [0.15, 0.2) is 66.7 Å². The molecule has 0 radical (unpaired) electrons. The molecular formula is C41H62N2. The molecule has 0 aliphatic carbocycles. The normalized spacial score (nSPS) is 14.1. The molecule has 3 aromatic carbocycles. The SMILES string of the molecule is CC(C)CC(C)N(Cc1cc(C(C)(C)C)cc(C(C)(C)C)c1)c1ccc(Nc2ccc(CC(C)CC(C)(C)C)cc2)cc1. The highest BCUT2D eigenvalue weighted by Crippen LogP contribution is 2.33. The van der Waals surface area contributed by atoms with Crippen LogP contribution >= 0.6 is 0 Å². The quantitative estimate of drug-likeness (QED) is 0.242. The Morgan fingerprint density at radius 3 is 1.56 bits per heavy atom. The van der Waals surface area contributed by atoms with E-state index >= 15 is 0 Å². The largest absolute Gasteiger partial charge is 0.364 e. The number of rotatable bonds is 11. The lowest BCUT2D eigenvalue weighted by molar-refractivity contribution is 0.306. The molecule has 2 unspecified atom stereocenters. The summed E-state index contributed by atoms with van der Waals surface area (Å²) < 4.78 is 0. The van der Waals surface area contributed by atoms with Crippen molar-refractivity contribution in [1.82, 2.24) is 0 Å². The van der Waals surface area contributed by atoms with Gasteiger partial charge in [-0.1, -0.05) is 113 Å². The Bertz CT molecular complexity index is 1250. The van der Waals surface area contributed by atoms with Crippen molar-refractivity contribution in [1.29, 1.82) is 0 Å². The van der Waals surface area contributed by atoms with Crippen molar-refractivity contribution in [2.24, 2.45) is 17.3 Å². The highest BCUT2D eigenvalue weighted by molar-refractivity contribution is 5.63. The van der Waals surface area contributed by atoms with E-state index < -0.39 is 0 Å². The van der Waals surface area contributed by atoms with E-state index in [1.54, 1.807) is 0 Å². The van der Waals surface area contributed by atoms with Gasteiger partial charge in [0.05, 0.1) is 0 Å². The smallest absolute Gasteiger partial charge is 0.0432 e. The zero-order chi connectivity index (χ0) is 32.2. The summed E-state index contributed by atoms with van der Waals surface area (Å²) >= 11 is 0. The first kappa shape index (κ1) is 34.7. The third-order valence-corrected chi connectivity index (χ3v) is 8.41. The van der Waals surface area contributed by atoms with Crippen molar-refractivity contribution >= 4 is 17.1 Å². The summed E-state index contributed by atoms with van der Waals surface area (Å²) in [6.07, 6.45) is 3.53. The monoisotopic (exact) mass is 582 g/mol. The van der Waals surface area contributed by atoms with Gasteiger partial charge < -0.3 is 10.2 Å². The van der Waals surface area contributed by atoms with Gasteiger partial charge in [-0.15, -0.1) is 0 Å². The van der Waals surface area contributed by atoms with Crippen LogP contribution in [0.25, 0.3) is 0 Å². The molecule has 3 aromatic rings. The van der Waals surface area contributed by atoms with Crippen molar-refractivity contribution in [3.8, 4) is 0 Å². The van der Waals surface area contributed by atoms with E-state index in [0.29, 0.717) is 23.3 Å². The van der Waals surface area contributed by atoms with Crippen LogP contribution in [0.2, 0.25) is 0 Å². The fourth-order valence-corrected chi connectivity index (χ4v) is 6.30. The van der Waals surface area contributed by atoms with Crippen LogP contribution < -0.4 is 10.2 Å². The Hall–Kier alpha value is -2.74. The summed E-state index contributed by atoms with van der Waals surface area (Å²) in [7, 11) is 0. The van der Waals surface area contributed by atoms with Crippen molar-refractivity contribution in [3.63, 3.8) is 0 Å². The molecular weight excluding hydrogens is 520 g/mol. The highest BCUT2D eigenvalue weighted by atomic mass is 15.2. The second kappa shape index (κ2) is 13.9. The van der Waals surface area contributed by atoms with Gasteiger partial charge >= 0.3 is 0 Å². The van der Waals surface area contributed by atoms with E-state index in [9.17, 15) is 0 Å². The number of hydrogen-bond donors (Lipinski definition) is 1. The number of benzene rings is 3. The van der Waals surface area contributed by atoms with E-state index in [1.807, 2.05) is 0 Å². The van der Waals surface area contributed by atoms with E-state index in [-0.39, 0.29) is 10.8 Å². The first-order chi connectivity index (χ1) is 19.8. The Morgan fingerprint density at radius 2 is 1.12 bits per heavy atom. The molecule has 1 N–H and O–H groups in total. The summed E-state index contributed by atoms with van der Waals surface area (Å²) in [5.74, 6) is 1.33. The molecule has 0 bridgehead atoms. The topological polar surface area (TPSA) is 15.3 Å². The molecule has 0 spiro atoms. The first-order valence-corrected chi connectivity index (χ1v) is 16.7. The number of nitrogens with one attached hydrogen (secondary N) is 1. The maximum atomic E-state index is 3.63. The molecule has 3 rings (SSSR count). The molecule has 0 aliphatic heterocycles. The molecule has 2 nitrogen and oxygen atoms in total. The van der Waals surface area contributed by atoms with Gasteiger partial charge in [-0.25, -0.2) is 0 Å². The Morgan fingerprint density at radius 1 is 0.628 bits per heavy atom. The van der Waals surface area contributed by atoms with Gasteiger partial charge in [0.2, 0.25) is 0 Å². The van der Waals surface area contributed by atoms with Gasteiger partial charge in [-0.2, -0.15) is 0 Å². The van der Waals surface area contributed by atoms with Crippen LogP contribution in [0.4, 0.5) is 17.1 Å². The van der Waals surface area contributed by atoms with Crippen molar-refractivity contribution < 1.29 is 0 Å². The lowest BCUT2D eigenvalue weighted by Crippen LogP contribution is -2.34. The maximum Gasteiger partial charge on any atom is 0.0432 e. The molecule has 2 heteroatoms. The molecule has 0 saturated heterocycles.